The van der Waals surface area contributed by atoms with E-state index >= 15 is 0 Å². The summed E-state index contributed by atoms with van der Waals surface area (Å²) in [6.07, 6.45) is 3.44. The van der Waals surface area contributed by atoms with E-state index in [0.717, 1.165) is 25.9 Å². The van der Waals surface area contributed by atoms with E-state index in [1.54, 1.807) is 0 Å². The Kier molecular flexibility index (Phi) is 5.82. The van der Waals surface area contributed by atoms with Gasteiger partial charge in [0, 0.05) is 22.7 Å². The summed E-state index contributed by atoms with van der Waals surface area (Å²) in [7, 11) is 0. The van der Waals surface area contributed by atoms with Crippen LogP contribution in [0.15, 0.2) is 12.1 Å². The highest BCUT2D eigenvalue weighted by atomic mass is 32.1. The van der Waals surface area contributed by atoms with E-state index in [1.165, 1.54) is 9.75 Å². The first kappa shape index (κ1) is 14.5. The summed E-state index contributed by atoms with van der Waals surface area (Å²) in [4.78, 5) is 14.4. The molecule has 2 heterocycles. The molecule has 1 aromatic rings. The van der Waals surface area contributed by atoms with Gasteiger partial charge in [-0.3, -0.25) is 4.79 Å². The van der Waals surface area contributed by atoms with E-state index in [0.29, 0.717) is 19.8 Å². The summed E-state index contributed by atoms with van der Waals surface area (Å²) in [5, 5.41) is 2.93. The number of thiophene rings is 1. The van der Waals surface area contributed by atoms with Crippen LogP contribution in [0.1, 0.15) is 29.0 Å². The van der Waals surface area contributed by atoms with Gasteiger partial charge in [0.2, 0.25) is 5.91 Å². The van der Waals surface area contributed by atoms with Crippen molar-refractivity contribution in [2.45, 2.75) is 38.7 Å². The average molecular weight is 283 g/mol. The van der Waals surface area contributed by atoms with Crippen LogP contribution in [0.5, 0.6) is 0 Å². The lowest BCUT2D eigenvalue weighted by Crippen LogP contribution is -2.36. The molecule has 1 amide bonds. The van der Waals surface area contributed by atoms with Crippen LogP contribution in [0.4, 0.5) is 0 Å². The van der Waals surface area contributed by atoms with Crippen molar-refractivity contribution in [2.75, 3.05) is 19.9 Å². The summed E-state index contributed by atoms with van der Waals surface area (Å²) in [5.74, 6) is 0.114. The van der Waals surface area contributed by atoms with Crippen LogP contribution in [0, 0.1) is 6.92 Å². The van der Waals surface area contributed by atoms with Crippen LogP contribution in [-0.4, -0.2) is 32.0 Å². The first-order valence-electron chi connectivity index (χ1n) is 6.75. The fourth-order valence-corrected chi connectivity index (χ4v) is 2.95. The Hall–Kier alpha value is -0.910. The second kappa shape index (κ2) is 7.62. The van der Waals surface area contributed by atoms with Gasteiger partial charge >= 0.3 is 0 Å². The number of amides is 1. The summed E-state index contributed by atoms with van der Waals surface area (Å²) in [6.45, 7) is 3.77. The molecule has 1 aliphatic rings. The molecule has 19 heavy (non-hydrogen) atoms. The Bertz CT molecular complexity index is 399. The quantitative estimate of drug-likeness (QED) is 0.871. The molecule has 0 saturated carbocycles. The summed E-state index contributed by atoms with van der Waals surface area (Å²) in [5.41, 5.74) is 0. The minimum Gasteiger partial charge on any atom is -0.355 e. The highest BCUT2D eigenvalue weighted by molar-refractivity contribution is 7.11. The molecule has 1 aromatic heterocycles. The Morgan fingerprint density at radius 2 is 2.42 bits per heavy atom. The molecule has 4 nitrogen and oxygen atoms in total. The zero-order valence-electron chi connectivity index (χ0n) is 11.3. The van der Waals surface area contributed by atoms with E-state index in [4.69, 9.17) is 9.47 Å². The number of carbonyl (C=O) groups excluding carboxylic acids is 1. The van der Waals surface area contributed by atoms with Crippen LogP contribution in [0.2, 0.25) is 0 Å². The Morgan fingerprint density at radius 3 is 3.11 bits per heavy atom. The zero-order chi connectivity index (χ0) is 13.5. The number of nitrogens with one attached hydrogen (secondary N) is 1. The second-order valence-electron chi connectivity index (χ2n) is 4.77. The van der Waals surface area contributed by atoms with Crippen LogP contribution >= 0.6 is 11.3 Å². The van der Waals surface area contributed by atoms with Crippen molar-refractivity contribution in [1.29, 1.82) is 0 Å². The largest absolute Gasteiger partial charge is 0.355 e. The normalized spacial score (nSPS) is 19.3. The molecule has 1 atom stereocenters. The summed E-state index contributed by atoms with van der Waals surface area (Å²) in [6, 6.07) is 4.27. The summed E-state index contributed by atoms with van der Waals surface area (Å²) < 4.78 is 10.5. The van der Waals surface area contributed by atoms with E-state index in [9.17, 15) is 4.79 Å². The van der Waals surface area contributed by atoms with Crippen LogP contribution in [0.25, 0.3) is 0 Å². The van der Waals surface area contributed by atoms with Gasteiger partial charge in [-0.2, -0.15) is 0 Å². The molecule has 1 fully saturated rings. The third kappa shape index (κ3) is 5.30. The van der Waals surface area contributed by atoms with Gasteiger partial charge in [0.05, 0.1) is 12.7 Å². The number of rotatable bonds is 6. The van der Waals surface area contributed by atoms with E-state index in [1.807, 2.05) is 11.3 Å². The smallest absolute Gasteiger partial charge is 0.220 e. The van der Waals surface area contributed by atoms with Crippen LogP contribution in [0.3, 0.4) is 0 Å². The maximum atomic E-state index is 11.7. The molecule has 1 N–H and O–H groups in total. The van der Waals surface area contributed by atoms with Crippen molar-refractivity contribution >= 4 is 17.2 Å². The molecule has 0 aliphatic carbocycles. The second-order valence-corrected chi connectivity index (χ2v) is 6.15. The minimum absolute atomic E-state index is 0.109. The third-order valence-electron chi connectivity index (χ3n) is 3.12. The molecule has 2 rings (SSSR count). The van der Waals surface area contributed by atoms with Crippen molar-refractivity contribution in [1.82, 2.24) is 5.32 Å². The molecular weight excluding hydrogens is 262 g/mol. The average Bonchev–Trinajstić information content (AvgIpc) is 2.83. The minimum atomic E-state index is 0.109. The van der Waals surface area contributed by atoms with Crippen molar-refractivity contribution < 1.29 is 14.3 Å². The molecule has 0 bridgehead atoms. The predicted molar refractivity (Wildman–Crippen MR) is 75.3 cm³/mol. The van der Waals surface area contributed by atoms with Crippen molar-refractivity contribution in [2.24, 2.45) is 0 Å². The molecule has 0 radical (unpaired) electrons. The van der Waals surface area contributed by atoms with Crippen molar-refractivity contribution in [3.63, 3.8) is 0 Å². The van der Waals surface area contributed by atoms with E-state index in [2.05, 4.69) is 24.4 Å². The Labute approximate surface area is 118 Å². The Morgan fingerprint density at radius 1 is 1.53 bits per heavy atom. The standard InChI is InChI=1S/C14H21NO3S/c1-11-5-6-13(19-11)3-2-4-14(16)15-9-12-7-8-17-10-18-12/h5-6,12H,2-4,7-10H2,1H3,(H,15,16)/t12-/m1/s1. The lowest BCUT2D eigenvalue weighted by Gasteiger charge is -2.22. The molecule has 0 spiro atoms. The monoisotopic (exact) mass is 283 g/mol. The highest BCUT2D eigenvalue weighted by Crippen LogP contribution is 2.17. The molecule has 5 heteroatoms. The fraction of sp³-hybridized carbons (Fsp3) is 0.643. The highest BCUT2D eigenvalue weighted by Gasteiger charge is 2.14. The molecule has 1 aliphatic heterocycles. The predicted octanol–water partition coefficient (Wildman–Crippen LogP) is 2.26. The molecule has 0 aromatic carbocycles. The third-order valence-corrected chi connectivity index (χ3v) is 4.18. The SMILES string of the molecule is Cc1ccc(CCCC(=O)NC[C@H]2CCOCO2)s1. The van der Waals surface area contributed by atoms with E-state index < -0.39 is 0 Å². The Balaban J connectivity index is 1.56. The fourth-order valence-electron chi connectivity index (χ4n) is 2.02. The number of carbonyl (C=O) groups is 1. The van der Waals surface area contributed by atoms with Gasteiger partial charge in [-0.05, 0) is 38.3 Å². The van der Waals surface area contributed by atoms with Crippen molar-refractivity contribution in [3.05, 3.63) is 21.9 Å². The van der Waals surface area contributed by atoms with Gasteiger partial charge in [-0.1, -0.05) is 0 Å². The van der Waals surface area contributed by atoms with Gasteiger partial charge in [0.25, 0.3) is 0 Å². The van der Waals surface area contributed by atoms with E-state index in [-0.39, 0.29) is 12.0 Å². The first-order valence-corrected chi connectivity index (χ1v) is 7.57. The first-order chi connectivity index (χ1) is 9.24. The van der Waals surface area contributed by atoms with Gasteiger partial charge in [0.15, 0.2) is 0 Å². The summed E-state index contributed by atoms with van der Waals surface area (Å²) >= 11 is 1.81. The van der Waals surface area contributed by atoms with Crippen molar-refractivity contribution in [3.8, 4) is 0 Å². The lowest BCUT2D eigenvalue weighted by molar-refractivity contribution is -0.141. The number of aryl methyl sites for hydroxylation is 2. The molecule has 0 unspecified atom stereocenters. The van der Waals surface area contributed by atoms with Gasteiger partial charge in [-0.15, -0.1) is 11.3 Å². The maximum Gasteiger partial charge on any atom is 0.220 e. The molecule has 1 saturated heterocycles. The van der Waals surface area contributed by atoms with Crippen LogP contribution < -0.4 is 5.32 Å². The van der Waals surface area contributed by atoms with Gasteiger partial charge < -0.3 is 14.8 Å². The number of hydrogen-bond donors (Lipinski definition) is 1. The lowest BCUT2D eigenvalue weighted by atomic mass is 10.2. The topological polar surface area (TPSA) is 47.6 Å². The zero-order valence-corrected chi connectivity index (χ0v) is 12.1. The maximum absolute atomic E-state index is 11.7. The number of hydrogen-bond acceptors (Lipinski definition) is 4. The molecular formula is C14H21NO3S. The number of ether oxygens (including phenoxy) is 2. The van der Waals surface area contributed by atoms with Crippen LogP contribution in [-0.2, 0) is 20.7 Å². The van der Waals surface area contributed by atoms with Gasteiger partial charge in [0.1, 0.15) is 6.79 Å². The molecule has 106 valence electrons. The van der Waals surface area contributed by atoms with Gasteiger partial charge in [-0.25, -0.2) is 0 Å².